The maximum absolute atomic E-state index is 13.4. The van der Waals surface area contributed by atoms with E-state index in [9.17, 15) is 14.0 Å². The van der Waals surface area contributed by atoms with Crippen LogP contribution >= 0.6 is 0 Å². The minimum atomic E-state index is -0.693. The van der Waals surface area contributed by atoms with Crippen LogP contribution in [0.3, 0.4) is 0 Å². The van der Waals surface area contributed by atoms with Gasteiger partial charge in [-0.15, -0.1) is 0 Å². The molecule has 6 heteroatoms. The zero-order valence-corrected chi connectivity index (χ0v) is 13.8. The Hall–Kier alpha value is -3.41. The molecule has 1 amide bonds. The number of nitrogens with one attached hydrogen (secondary N) is 1. The number of carbonyl (C=O) groups is 2. The number of hydrogen-bond acceptors (Lipinski definition) is 4. The largest absolute Gasteiger partial charge is 0.482 e. The quantitative estimate of drug-likeness (QED) is 0.689. The summed E-state index contributed by atoms with van der Waals surface area (Å²) in [6.07, 6.45) is 0. The van der Waals surface area contributed by atoms with Gasteiger partial charge in [0.2, 0.25) is 0 Å². The summed E-state index contributed by atoms with van der Waals surface area (Å²) in [5.74, 6) is -1.36. The molecule has 26 heavy (non-hydrogen) atoms. The summed E-state index contributed by atoms with van der Waals surface area (Å²) in [5.41, 5.74) is 0.0287. The van der Waals surface area contributed by atoms with E-state index < -0.39 is 24.3 Å². The zero-order chi connectivity index (χ0) is 18.4. The normalized spacial score (nSPS) is 10.3. The maximum Gasteiger partial charge on any atom is 0.344 e. The van der Waals surface area contributed by atoms with E-state index in [1.807, 2.05) is 36.4 Å². The number of benzene rings is 3. The molecule has 0 bridgehead atoms. The second-order valence-electron chi connectivity index (χ2n) is 5.49. The molecule has 0 radical (unpaired) electrons. The number of esters is 1. The lowest BCUT2D eigenvalue weighted by Crippen LogP contribution is -2.24. The van der Waals surface area contributed by atoms with Crippen LogP contribution in [-0.4, -0.2) is 25.1 Å². The van der Waals surface area contributed by atoms with Crippen molar-refractivity contribution in [1.82, 2.24) is 0 Å². The van der Waals surface area contributed by atoms with Crippen molar-refractivity contribution in [2.45, 2.75) is 0 Å². The van der Waals surface area contributed by atoms with Gasteiger partial charge in [0.15, 0.2) is 13.2 Å². The highest BCUT2D eigenvalue weighted by molar-refractivity contribution is 5.93. The summed E-state index contributed by atoms with van der Waals surface area (Å²) in [4.78, 5) is 23.4. The first-order valence-electron chi connectivity index (χ1n) is 7.93. The van der Waals surface area contributed by atoms with Crippen LogP contribution < -0.4 is 10.1 Å². The van der Waals surface area contributed by atoms with Gasteiger partial charge in [-0.05, 0) is 35.0 Å². The Morgan fingerprint density at radius 3 is 2.42 bits per heavy atom. The number of hydrogen-bond donors (Lipinski definition) is 1. The van der Waals surface area contributed by atoms with E-state index in [4.69, 9.17) is 9.47 Å². The topological polar surface area (TPSA) is 64.6 Å². The molecular formula is C20H16FNO4. The van der Waals surface area contributed by atoms with Crippen molar-refractivity contribution in [1.29, 1.82) is 0 Å². The molecule has 0 unspecified atom stereocenters. The lowest BCUT2D eigenvalue weighted by Gasteiger charge is -2.09. The Bertz CT molecular complexity index is 942. The van der Waals surface area contributed by atoms with Crippen LogP contribution in [0.15, 0.2) is 66.7 Å². The van der Waals surface area contributed by atoms with Crippen molar-refractivity contribution < 1.29 is 23.5 Å². The highest BCUT2D eigenvalue weighted by Crippen LogP contribution is 2.20. The van der Waals surface area contributed by atoms with Crippen molar-refractivity contribution >= 4 is 28.3 Å². The second-order valence-corrected chi connectivity index (χ2v) is 5.49. The van der Waals surface area contributed by atoms with Crippen molar-refractivity contribution in [3.63, 3.8) is 0 Å². The minimum absolute atomic E-state index is 0.0287. The van der Waals surface area contributed by atoms with E-state index >= 15 is 0 Å². The average molecular weight is 353 g/mol. The third kappa shape index (κ3) is 4.57. The molecule has 3 aromatic carbocycles. The molecule has 0 aliphatic rings. The Labute approximate surface area is 149 Å². The van der Waals surface area contributed by atoms with Gasteiger partial charge in [-0.1, -0.05) is 42.5 Å². The van der Waals surface area contributed by atoms with Crippen LogP contribution in [0.1, 0.15) is 0 Å². The maximum atomic E-state index is 13.4. The van der Waals surface area contributed by atoms with Gasteiger partial charge in [0, 0.05) is 0 Å². The number of halogens is 1. The van der Waals surface area contributed by atoms with Gasteiger partial charge < -0.3 is 14.8 Å². The predicted molar refractivity (Wildman–Crippen MR) is 95.4 cm³/mol. The van der Waals surface area contributed by atoms with Crippen molar-refractivity contribution in [3.8, 4) is 5.75 Å². The number of amides is 1. The van der Waals surface area contributed by atoms with Crippen molar-refractivity contribution in [2.24, 2.45) is 0 Å². The molecule has 3 rings (SSSR count). The minimum Gasteiger partial charge on any atom is -0.482 e. The first kappa shape index (κ1) is 17.4. The summed E-state index contributed by atoms with van der Waals surface area (Å²) in [5, 5.41) is 4.38. The fourth-order valence-corrected chi connectivity index (χ4v) is 2.34. The molecule has 0 aliphatic carbocycles. The average Bonchev–Trinajstić information content (AvgIpc) is 2.66. The number of anilines is 1. The molecule has 0 saturated heterocycles. The molecule has 5 nitrogen and oxygen atoms in total. The molecule has 0 spiro atoms. The van der Waals surface area contributed by atoms with Gasteiger partial charge in [0.05, 0.1) is 5.69 Å². The molecule has 132 valence electrons. The Morgan fingerprint density at radius 2 is 1.62 bits per heavy atom. The molecular weight excluding hydrogens is 337 g/mol. The summed E-state index contributed by atoms with van der Waals surface area (Å²) in [6, 6.07) is 18.9. The highest BCUT2D eigenvalue weighted by Gasteiger charge is 2.10. The monoisotopic (exact) mass is 353 g/mol. The van der Waals surface area contributed by atoms with Crippen molar-refractivity contribution in [3.05, 3.63) is 72.5 Å². The summed E-state index contributed by atoms with van der Waals surface area (Å²) < 4.78 is 23.6. The Morgan fingerprint density at radius 1 is 0.885 bits per heavy atom. The molecule has 0 saturated carbocycles. The number of para-hydroxylation sites is 1. The number of ether oxygens (including phenoxy) is 2. The molecule has 0 atom stereocenters. The summed E-state index contributed by atoms with van der Waals surface area (Å²) in [7, 11) is 0. The second kappa shape index (κ2) is 8.11. The molecule has 0 aliphatic heterocycles. The molecule has 1 N–H and O–H groups in total. The lowest BCUT2D eigenvalue weighted by atomic mass is 10.1. The van der Waals surface area contributed by atoms with Crippen LogP contribution in [0.2, 0.25) is 0 Å². The first-order chi connectivity index (χ1) is 12.6. The van der Waals surface area contributed by atoms with Crippen molar-refractivity contribution in [2.75, 3.05) is 18.5 Å². The number of carbonyl (C=O) groups excluding carboxylic acids is 2. The number of rotatable bonds is 6. The van der Waals surface area contributed by atoms with Gasteiger partial charge in [0.1, 0.15) is 11.6 Å². The van der Waals surface area contributed by atoms with Gasteiger partial charge >= 0.3 is 5.97 Å². The van der Waals surface area contributed by atoms with Crippen LogP contribution in [0.5, 0.6) is 5.75 Å². The zero-order valence-electron chi connectivity index (χ0n) is 13.8. The third-order valence-corrected chi connectivity index (χ3v) is 3.59. The fraction of sp³-hybridized carbons (Fsp3) is 0.100. The molecule has 0 aromatic heterocycles. The lowest BCUT2D eigenvalue weighted by molar-refractivity contribution is -0.149. The van der Waals surface area contributed by atoms with Crippen LogP contribution in [0.25, 0.3) is 10.8 Å². The van der Waals surface area contributed by atoms with Gasteiger partial charge in [-0.25, -0.2) is 9.18 Å². The Kier molecular flexibility index (Phi) is 5.43. The predicted octanol–water partition coefficient (Wildman–Crippen LogP) is 3.54. The first-order valence-corrected chi connectivity index (χ1v) is 7.93. The van der Waals surface area contributed by atoms with E-state index in [2.05, 4.69) is 5.32 Å². The van der Waals surface area contributed by atoms with E-state index in [0.717, 1.165) is 10.8 Å². The van der Waals surface area contributed by atoms with E-state index in [0.29, 0.717) is 5.75 Å². The highest BCUT2D eigenvalue weighted by atomic mass is 19.1. The standard InChI is InChI=1S/C20H16FNO4/c21-17-7-3-4-8-18(17)22-19(23)12-26-20(24)13-25-16-10-9-14-5-1-2-6-15(14)11-16/h1-11H,12-13H2,(H,22,23). The van der Waals surface area contributed by atoms with Crippen LogP contribution in [0, 0.1) is 5.82 Å². The smallest absolute Gasteiger partial charge is 0.344 e. The van der Waals surface area contributed by atoms with E-state index in [-0.39, 0.29) is 12.3 Å². The summed E-state index contributed by atoms with van der Waals surface area (Å²) >= 11 is 0. The Balaban J connectivity index is 1.46. The third-order valence-electron chi connectivity index (χ3n) is 3.59. The molecule has 0 fully saturated rings. The SMILES string of the molecule is O=C(COC(=O)COc1ccc2ccccc2c1)Nc1ccccc1F. The van der Waals surface area contributed by atoms with Gasteiger partial charge in [-0.2, -0.15) is 0 Å². The van der Waals surface area contributed by atoms with E-state index in [1.54, 1.807) is 12.1 Å². The van der Waals surface area contributed by atoms with Gasteiger partial charge in [0.25, 0.3) is 5.91 Å². The molecule has 0 heterocycles. The van der Waals surface area contributed by atoms with Gasteiger partial charge in [-0.3, -0.25) is 4.79 Å². The number of fused-ring (bicyclic) bond motifs is 1. The van der Waals surface area contributed by atoms with Crippen LogP contribution in [0.4, 0.5) is 10.1 Å². The van der Waals surface area contributed by atoms with Crippen LogP contribution in [-0.2, 0) is 14.3 Å². The fourth-order valence-electron chi connectivity index (χ4n) is 2.34. The van der Waals surface area contributed by atoms with E-state index in [1.165, 1.54) is 18.2 Å². The molecule has 3 aromatic rings. The summed E-state index contributed by atoms with van der Waals surface area (Å²) in [6.45, 7) is -0.848.